The van der Waals surface area contributed by atoms with Crippen LogP contribution in [0, 0.1) is 6.92 Å². The van der Waals surface area contributed by atoms with Crippen molar-refractivity contribution in [3.63, 3.8) is 0 Å². The Morgan fingerprint density at radius 1 is 1.47 bits per heavy atom. The van der Waals surface area contributed by atoms with Gasteiger partial charge in [0.1, 0.15) is 0 Å². The highest BCUT2D eigenvalue weighted by Crippen LogP contribution is 2.12. The summed E-state index contributed by atoms with van der Waals surface area (Å²) >= 11 is 3.44. The Bertz CT molecular complexity index is 451. The molecular formula is C11H12BrN3. The maximum Gasteiger partial charge on any atom is 0.200 e. The third kappa shape index (κ3) is 2.83. The fourth-order valence-corrected chi connectivity index (χ4v) is 1.78. The van der Waals surface area contributed by atoms with Gasteiger partial charge in [-0.1, -0.05) is 28.1 Å². The van der Waals surface area contributed by atoms with E-state index in [1.165, 1.54) is 5.56 Å². The van der Waals surface area contributed by atoms with Crippen molar-refractivity contribution >= 4 is 21.9 Å². The molecule has 2 aromatic rings. The number of aromatic amines is 1. The number of aryl methyl sites for hydroxylation is 1. The molecule has 0 fully saturated rings. The van der Waals surface area contributed by atoms with Crippen molar-refractivity contribution in [2.75, 3.05) is 5.32 Å². The number of nitrogens with one attached hydrogen (secondary N) is 2. The van der Waals surface area contributed by atoms with Gasteiger partial charge < -0.3 is 10.3 Å². The van der Waals surface area contributed by atoms with Crippen LogP contribution in [-0.2, 0) is 6.54 Å². The average Bonchev–Trinajstić information content (AvgIpc) is 2.62. The van der Waals surface area contributed by atoms with Crippen molar-refractivity contribution < 1.29 is 0 Å². The molecule has 4 heteroatoms. The SMILES string of the molecule is Cc1cnc(NCc2cccc(Br)c2)[nH]1. The predicted molar refractivity (Wildman–Crippen MR) is 64.8 cm³/mol. The highest BCUT2D eigenvalue weighted by molar-refractivity contribution is 9.10. The first-order chi connectivity index (χ1) is 7.24. The summed E-state index contributed by atoms with van der Waals surface area (Å²) in [6, 6.07) is 8.20. The molecule has 0 atom stereocenters. The van der Waals surface area contributed by atoms with Crippen LogP contribution in [-0.4, -0.2) is 9.97 Å². The molecule has 2 N–H and O–H groups in total. The number of rotatable bonds is 3. The third-order valence-corrected chi connectivity index (χ3v) is 2.55. The van der Waals surface area contributed by atoms with Gasteiger partial charge in [0, 0.05) is 22.9 Å². The van der Waals surface area contributed by atoms with Gasteiger partial charge in [-0.05, 0) is 24.6 Å². The highest BCUT2D eigenvalue weighted by atomic mass is 79.9. The molecule has 15 heavy (non-hydrogen) atoms. The average molecular weight is 266 g/mol. The van der Waals surface area contributed by atoms with Crippen LogP contribution >= 0.6 is 15.9 Å². The summed E-state index contributed by atoms with van der Waals surface area (Å²) in [5.74, 6) is 0.812. The summed E-state index contributed by atoms with van der Waals surface area (Å²) in [5, 5.41) is 3.22. The molecular weight excluding hydrogens is 254 g/mol. The van der Waals surface area contributed by atoms with Crippen LogP contribution in [0.1, 0.15) is 11.3 Å². The van der Waals surface area contributed by atoms with Crippen molar-refractivity contribution in [1.29, 1.82) is 0 Å². The number of nitrogens with zero attached hydrogens (tertiary/aromatic N) is 1. The number of H-pyrrole nitrogens is 1. The second-order valence-electron chi connectivity index (χ2n) is 3.40. The Hall–Kier alpha value is -1.29. The molecule has 0 saturated heterocycles. The van der Waals surface area contributed by atoms with E-state index in [2.05, 4.69) is 43.3 Å². The zero-order chi connectivity index (χ0) is 10.7. The molecule has 1 aromatic carbocycles. The first-order valence-corrected chi connectivity index (χ1v) is 5.53. The Kier molecular flexibility index (Phi) is 3.06. The largest absolute Gasteiger partial charge is 0.352 e. The Labute approximate surface area is 97.1 Å². The monoisotopic (exact) mass is 265 g/mol. The molecule has 1 heterocycles. The number of benzene rings is 1. The number of anilines is 1. The number of hydrogen-bond acceptors (Lipinski definition) is 2. The summed E-state index contributed by atoms with van der Waals surface area (Å²) in [5.41, 5.74) is 2.28. The van der Waals surface area contributed by atoms with Gasteiger partial charge in [0.05, 0.1) is 0 Å². The van der Waals surface area contributed by atoms with E-state index in [1.807, 2.05) is 25.3 Å². The van der Waals surface area contributed by atoms with Gasteiger partial charge >= 0.3 is 0 Å². The fourth-order valence-electron chi connectivity index (χ4n) is 1.34. The molecule has 0 bridgehead atoms. The molecule has 78 valence electrons. The predicted octanol–water partition coefficient (Wildman–Crippen LogP) is 3.09. The van der Waals surface area contributed by atoms with E-state index in [9.17, 15) is 0 Å². The molecule has 0 saturated carbocycles. The lowest BCUT2D eigenvalue weighted by molar-refractivity contribution is 1.08. The molecule has 0 aliphatic heterocycles. The summed E-state index contributed by atoms with van der Waals surface area (Å²) in [6.07, 6.45) is 1.81. The van der Waals surface area contributed by atoms with E-state index in [4.69, 9.17) is 0 Å². The summed E-state index contributed by atoms with van der Waals surface area (Å²) in [7, 11) is 0. The molecule has 2 rings (SSSR count). The maximum atomic E-state index is 4.17. The summed E-state index contributed by atoms with van der Waals surface area (Å²) in [4.78, 5) is 7.30. The Morgan fingerprint density at radius 3 is 3.00 bits per heavy atom. The molecule has 0 amide bonds. The smallest absolute Gasteiger partial charge is 0.200 e. The van der Waals surface area contributed by atoms with Crippen molar-refractivity contribution in [1.82, 2.24) is 9.97 Å². The first-order valence-electron chi connectivity index (χ1n) is 4.74. The number of hydrogen-bond donors (Lipinski definition) is 2. The van der Waals surface area contributed by atoms with Crippen LogP contribution < -0.4 is 5.32 Å². The van der Waals surface area contributed by atoms with Gasteiger partial charge in [-0.2, -0.15) is 0 Å². The molecule has 0 spiro atoms. The van der Waals surface area contributed by atoms with E-state index in [0.29, 0.717) is 0 Å². The van der Waals surface area contributed by atoms with E-state index >= 15 is 0 Å². The quantitative estimate of drug-likeness (QED) is 0.896. The standard InChI is InChI=1S/C11H12BrN3/c1-8-6-13-11(15-8)14-7-9-3-2-4-10(12)5-9/h2-6H,7H2,1H3,(H2,13,14,15). The van der Waals surface area contributed by atoms with Crippen LogP contribution in [0.2, 0.25) is 0 Å². The van der Waals surface area contributed by atoms with Crippen molar-refractivity contribution in [3.8, 4) is 0 Å². The van der Waals surface area contributed by atoms with E-state index in [-0.39, 0.29) is 0 Å². The third-order valence-electron chi connectivity index (χ3n) is 2.05. The van der Waals surface area contributed by atoms with Crippen LogP contribution in [0.15, 0.2) is 34.9 Å². The van der Waals surface area contributed by atoms with E-state index in [0.717, 1.165) is 22.7 Å². The second kappa shape index (κ2) is 4.49. The molecule has 0 radical (unpaired) electrons. The number of halogens is 1. The van der Waals surface area contributed by atoms with Crippen molar-refractivity contribution in [2.45, 2.75) is 13.5 Å². The van der Waals surface area contributed by atoms with Crippen molar-refractivity contribution in [2.24, 2.45) is 0 Å². The Balaban J connectivity index is 1.99. The van der Waals surface area contributed by atoms with Gasteiger partial charge in [-0.25, -0.2) is 4.98 Å². The minimum absolute atomic E-state index is 0.770. The first kappa shape index (κ1) is 10.2. The van der Waals surface area contributed by atoms with Crippen LogP contribution in [0.5, 0.6) is 0 Å². The number of aromatic nitrogens is 2. The molecule has 0 aliphatic rings. The minimum Gasteiger partial charge on any atom is -0.352 e. The topological polar surface area (TPSA) is 40.7 Å². The lowest BCUT2D eigenvalue weighted by Crippen LogP contribution is -2.00. The molecule has 1 aromatic heterocycles. The van der Waals surface area contributed by atoms with Crippen molar-refractivity contribution in [3.05, 3.63) is 46.2 Å². The lowest BCUT2D eigenvalue weighted by Gasteiger charge is -2.03. The van der Waals surface area contributed by atoms with Gasteiger partial charge in [0.2, 0.25) is 5.95 Å². The van der Waals surface area contributed by atoms with Gasteiger partial charge in [-0.15, -0.1) is 0 Å². The van der Waals surface area contributed by atoms with Gasteiger partial charge in [0.15, 0.2) is 0 Å². The summed E-state index contributed by atoms with van der Waals surface area (Å²) in [6.45, 7) is 2.75. The fraction of sp³-hybridized carbons (Fsp3) is 0.182. The normalized spacial score (nSPS) is 10.3. The van der Waals surface area contributed by atoms with Gasteiger partial charge in [0.25, 0.3) is 0 Å². The van der Waals surface area contributed by atoms with E-state index in [1.54, 1.807) is 0 Å². The maximum absolute atomic E-state index is 4.17. The zero-order valence-electron chi connectivity index (χ0n) is 8.42. The van der Waals surface area contributed by atoms with Crippen LogP contribution in [0.4, 0.5) is 5.95 Å². The highest BCUT2D eigenvalue weighted by Gasteiger charge is 1.97. The van der Waals surface area contributed by atoms with Crippen LogP contribution in [0.25, 0.3) is 0 Å². The second-order valence-corrected chi connectivity index (χ2v) is 4.31. The Morgan fingerprint density at radius 2 is 2.33 bits per heavy atom. The molecule has 3 nitrogen and oxygen atoms in total. The molecule has 0 unspecified atom stereocenters. The number of imidazole rings is 1. The lowest BCUT2D eigenvalue weighted by atomic mass is 10.2. The van der Waals surface area contributed by atoms with E-state index < -0.39 is 0 Å². The van der Waals surface area contributed by atoms with Gasteiger partial charge in [-0.3, -0.25) is 0 Å². The van der Waals surface area contributed by atoms with Crippen LogP contribution in [0.3, 0.4) is 0 Å². The summed E-state index contributed by atoms with van der Waals surface area (Å²) < 4.78 is 1.09. The minimum atomic E-state index is 0.770. The zero-order valence-corrected chi connectivity index (χ0v) is 10.0. The molecule has 0 aliphatic carbocycles.